The summed E-state index contributed by atoms with van der Waals surface area (Å²) in [4.78, 5) is 0. The van der Waals surface area contributed by atoms with Gasteiger partial charge in [0.2, 0.25) is 0 Å². The molecule has 2 N–H and O–H groups in total. The van der Waals surface area contributed by atoms with Gasteiger partial charge in [-0.15, -0.1) is 0 Å². The van der Waals surface area contributed by atoms with Gasteiger partial charge in [0.25, 0.3) is 0 Å². The molecule has 0 radical (unpaired) electrons. The summed E-state index contributed by atoms with van der Waals surface area (Å²) in [6.07, 6.45) is 4.00. The Kier molecular flexibility index (Phi) is 4.43. The third kappa shape index (κ3) is 3.74. The largest absolute Gasteiger partial charge is 0.383 e. The molecule has 17 heavy (non-hydrogen) atoms. The summed E-state index contributed by atoms with van der Waals surface area (Å²) in [5.74, 6) is 0.615. The molecule has 1 aliphatic heterocycles. The van der Waals surface area contributed by atoms with Gasteiger partial charge >= 0.3 is 0 Å². The number of nitrogens with one attached hydrogen (secondary N) is 2. The fourth-order valence-electron chi connectivity index (χ4n) is 2.33. The zero-order valence-corrected chi connectivity index (χ0v) is 11.0. The van der Waals surface area contributed by atoms with Gasteiger partial charge in [-0.05, 0) is 43.0 Å². The molecule has 0 amide bonds. The maximum atomic E-state index is 3.56. The summed E-state index contributed by atoms with van der Waals surface area (Å²) in [6, 6.07) is 9.48. The van der Waals surface area contributed by atoms with E-state index in [4.69, 9.17) is 0 Å². The predicted octanol–water partition coefficient (Wildman–Crippen LogP) is 3.36. The van der Waals surface area contributed by atoms with Crippen LogP contribution in [0.2, 0.25) is 0 Å². The van der Waals surface area contributed by atoms with Crippen LogP contribution in [-0.4, -0.2) is 19.1 Å². The molecule has 1 fully saturated rings. The van der Waals surface area contributed by atoms with Crippen molar-refractivity contribution in [3.8, 4) is 0 Å². The van der Waals surface area contributed by atoms with Crippen molar-refractivity contribution < 1.29 is 0 Å². The van der Waals surface area contributed by atoms with Crippen molar-refractivity contribution in [3.05, 3.63) is 29.8 Å². The molecule has 1 aliphatic rings. The first-order valence-corrected chi connectivity index (χ1v) is 6.83. The number of benzene rings is 1. The summed E-state index contributed by atoms with van der Waals surface area (Å²) in [5.41, 5.74) is 2.65. The standard InChI is InChI=1S/C15H24N2/c1-12(2)13-6-8-14(9-7-13)17-11-15-5-3-4-10-16-15/h6-9,12,15-17H,3-5,10-11H2,1-2H3. The van der Waals surface area contributed by atoms with Crippen molar-refractivity contribution in [1.29, 1.82) is 0 Å². The number of piperidine rings is 1. The lowest BCUT2D eigenvalue weighted by Crippen LogP contribution is -2.39. The monoisotopic (exact) mass is 232 g/mol. The van der Waals surface area contributed by atoms with Gasteiger partial charge in [-0.25, -0.2) is 0 Å². The number of hydrogen-bond acceptors (Lipinski definition) is 2. The SMILES string of the molecule is CC(C)c1ccc(NCC2CCCCN2)cc1. The van der Waals surface area contributed by atoms with Gasteiger partial charge in [0, 0.05) is 18.3 Å². The molecule has 0 bridgehead atoms. The molecule has 0 saturated carbocycles. The van der Waals surface area contributed by atoms with E-state index in [0.717, 1.165) is 6.54 Å². The lowest BCUT2D eigenvalue weighted by molar-refractivity contribution is 0.414. The van der Waals surface area contributed by atoms with E-state index in [1.807, 2.05) is 0 Å². The minimum Gasteiger partial charge on any atom is -0.383 e. The highest BCUT2D eigenvalue weighted by Gasteiger charge is 2.11. The van der Waals surface area contributed by atoms with Crippen molar-refractivity contribution in [2.75, 3.05) is 18.4 Å². The Hall–Kier alpha value is -1.02. The zero-order chi connectivity index (χ0) is 12.1. The zero-order valence-electron chi connectivity index (χ0n) is 11.0. The van der Waals surface area contributed by atoms with E-state index in [1.165, 1.54) is 37.1 Å². The molecule has 1 aromatic rings. The van der Waals surface area contributed by atoms with Crippen LogP contribution < -0.4 is 10.6 Å². The molecule has 0 aromatic heterocycles. The van der Waals surface area contributed by atoms with E-state index in [1.54, 1.807) is 0 Å². The highest BCUT2D eigenvalue weighted by atomic mass is 15.0. The maximum Gasteiger partial charge on any atom is 0.0340 e. The molecule has 0 aliphatic carbocycles. The Morgan fingerprint density at radius 1 is 1.24 bits per heavy atom. The van der Waals surface area contributed by atoms with Crippen LogP contribution in [0.3, 0.4) is 0 Å². The molecule has 2 nitrogen and oxygen atoms in total. The van der Waals surface area contributed by atoms with Crippen LogP contribution >= 0.6 is 0 Å². The lowest BCUT2D eigenvalue weighted by atomic mass is 10.0. The third-order valence-electron chi connectivity index (χ3n) is 3.54. The quantitative estimate of drug-likeness (QED) is 0.831. The minimum absolute atomic E-state index is 0.615. The van der Waals surface area contributed by atoms with Gasteiger partial charge in [-0.2, -0.15) is 0 Å². The van der Waals surface area contributed by atoms with Gasteiger partial charge in [-0.1, -0.05) is 32.4 Å². The molecular formula is C15H24N2. The third-order valence-corrected chi connectivity index (χ3v) is 3.54. The van der Waals surface area contributed by atoms with Gasteiger partial charge in [0.1, 0.15) is 0 Å². The topological polar surface area (TPSA) is 24.1 Å². The van der Waals surface area contributed by atoms with Gasteiger partial charge < -0.3 is 10.6 Å². The molecule has 2 rings (SSSR count). The van der Waals surface area contributed by atoms with E-state index < -0.39 is 0 Å². The molecule has 1 unspecified atom stereocenters. The Bertz CT molecular complexity index is 323. The Morgan fingerprint density at radius 2 is 2.00 bits per heavy atom. The van der Waals surface area contributed by atoms with E-state index >= 15 is 0 Å². The van der Waals surface area contributed by atoms with Crippen LogP contribution in [0.4, 0.5) is 5.69 Å². The molecule has 1 saturated heterocycles. The number of hydrogen-bond donors (Lipinski definition) is 2. The second-order valence-corrected chi connectivity index (χ2v) is 5.30. The molecule has 2 heteroatoms. The van der Waals surface area contributed by atoms with Gasteiger partial charge in [-0.3, -0.25) is 0 Å². The summed E-state index contributed by atoms with van der Waals surface area (Å²) in [7, 11) is 0. The van der Waals surface area contributed by atoms with Crippen molar-refractivity contribution in [3.63, 3.8) is 0 Å². The Morgan fingerprint density at radius 3 is 2.59 bits per heavy atom. The van der Waals surface area contributed by atoms with Crippen LogP contribution in [0.1, 0.15) is 44.6 Å². The highest BCUT2D eigenvalue weighted by Crippen LogP contribution is 2.17. The highest BCUT2D eigenvalue weighted by molar-refractivity contribution is 5.45. The Balaban J connectivity index is 1.82. The molecular weight excluding hydrogens is 208 g/mol. The maximum absolute atomic E-state index is 3.56. The summed E-state index contributed by atoms with van der Waals surface area (Å²) in [6.45, 7) is 6.68. The first kappa shape index (κ1) is 12.4. The average Bonchev–Trinajstić information content (AvgIpc) is 2.38. The van der Waals surface area contributed by atoms with Crippen molar-refractivity contribution in [1.82, 2.24) is 5.32 Å². The summed E-state index contributed by atoms with van der Waals surface area (Å²) < 4.78 is 0. The smallest absolute Gasteiger partial charge is 0.0340 e. The van der Waals surface area contributed by atoms with Crippen molar-refractivity contribution >= 4 is 5.69 Å². The molecule has 1 heterocycles. The predicted molar refractivity (Wildman–Crippen MR) is 74.7 cm³/mol. The normalized spacial score (nSPS) is 20.5. The van der Waals surface area contributed by atoms with Gasteiger partial charge in [0.15, 0.2) is 0 Å². The fourth-order valence-corrected chi connectivity index (χ4v) is 2.33. The second kappa shape index (κ2) is 6.06. The van der Waals surface area contributed by atoms with E-state index in [2.05, 4.69) is 48.7 Å². The molecule has 1 aromatic carbocycles. The average molecular weight is 232 g/mol. The van der Waals surface area contributed by atoms with Crippen LogP contribution in [0.5, 0.6) is 0 Å². The van der Waals surface area contributed by atoms with E-state index in [0.29, 0.717) is 12.0 Å². The van der Waals surface area contributed by atoms with Crippen molar-refractivity contribution in [2.45, 2.75) is 45.1 Å². The minimum atomic E-state index is 0.615. The fraction of sp³-hybridized carbons (Fsp3) is 0.600. The first-order chi connectivity index (χ1) is 8.25. The summed E-state index contributed by atoms with van der Waals surface area (Å²) in [5, 5.41) is 7.07. The molecule has 94 valence electrons. The van der Waals surface area contributed by atoms with Gasteiger partial charge in [0.05, 0.1) is 0 Å². The summed E-state index contributed by atoms with van der Waals surface area (Å²) >= 11 is 0. The van der Waals surface area contributed by atoms with Crippen LogP contribution in [0.25, 0.3) is 0 Å². The van der Waals surface area contributed by atoms with Crippen LogP contribution in [-0.2, 0) is 0 Å². The number of anilines is 1. The van der Waals surface area contributed by atoms with E-state index in [-0.39, 0.29) is 0 Å². The van der Waals surface area contributed by atoms with Crippen LogP contribution in [0.15, 0.2) is 24.3 Å². The van der Waals surface area contributed by atoms with Crippen molar-refractivity contribution in [2.24, 2.45) is 0 Å². The molecule has 1 atom stereocenters. The Labute approximate surface area is 105 Å². The first-order valence-electron chi connectivity index (χ1n) is 6.83. The molecule has 0 spiro atoms. The number of rotatable bonds is 4. The van der Waals surface area contributed by atoms with E-state index in [9.17, 15) is 0 Å². The van der Waals surface area contributed by atoms with Crippen LogP contribution in [0, 0.1) is 0 Å². The lowest BCUT2D eigenvalue weighted by Gasteiger charge is -2.24. The second-order valence-electron chi connectivity index (χ2n) is 5.30.